The maximum Gasteiger partial charge on any atom is 0.332 e. The molecule has 1 fully saturated rings. The number of ether oxygens (including phenoxy) is 1. The number of hydrogen-bond donors (Lipinski definition) is 0. The van der Waals surface area contributed by atoms with Crippen LogP contribution in [-0.4, -0.2) is 35.8 Å². The van der Waals surface area contributed by atoms with Gasteiger partial charge in [0.1, 0.15) is 0 Å². The molecule has 1 aliphatic heterocycles. The van der Waals surface area contributed by atoms with Gasteiger partial charge in [-0.25, -0.2) is 4.79 Å². The predicted octanol–water partition coefficient (Wildman–Crippen LogP) is 2.34. The predicted molar refractivity (Wildman–Crippen MR) is 114 cm³/mol. The Hall–Kier alpha value is -2.84. The second-order valence-corrected chi connectivity index (χ2v) is 8.27. The van der Waals surface area contributed by atoms with E-state index in [1.165, 1.54) is 9.13 Å². The van der Waals surface area contributed by atoms with E-state index in [1.807, 2.05) is 25.3 Å². The second-order valence-electron chi connectivity index (χ2n) is 7.83. The van der Waals surface area contributed by atoms with Crippen molar-refractivity contribution in [2.75, 3.05) is 6.61 Å². The lowest BCUT2D eigenvalue weighted by atomic mass is 10.2. The van der Waals surface area contributed by atoms with Crippen molar-refractivity contribution in [3.63, 3.8) is 0 Å². The Labute approximate surface area is 176 Å². The number of benzene rings is 1. The fourth-order valence-electron chi connectivity index (χ4n) is 4.18. The van der Waals surface area contributed by atoms with Crippen molar-refractivity contribution in [1.82, 2.24) is 23.1 Å². The first-order valence-electron chi connectivity index (χ1n) is 9.98. The normalized spacial score (nSPS) is 16.8. The fraction of sp³-hybridized carbons (Fsp3) is 0.381. The van der Waals surface area contributed by atoms with Crippen LogP contribution in [0.25, 0.3) is 16.9 Å². The van der Waals surface area contributed by atoms with Crippen molar-refractivity contribution in [3.05, 3.63) is 67.6 Å². The molecule has 4 heterocycles. The van der Waals surface area contributed by atoms with Gasteiger partial charge in [-0.2, -0.15) is 4.98 Å². The SMILES string of the molecule is Cc1cn2c3c(=O)n(Cc4ccc(Cl)cc4)c(=O)n(C)c3nc2n1C[C@@H]1CCCO1. The molecule has 1 aliphatic rings. The summed E-state index contributed by atoms with van der Waals surface area (Å²) in [7, 11) is 1.65. The van der Waals surface area contributed by atoms with Gasteiger partial charge in [0, 0.05) is 30.6 Å². The average molecular weight is 428 g/mol. The van der Waals surface area contributed by atoms with Gasteiger partial charge in [0.2, 0.25) is 5.78 Å². The lowest BCUT2D eigenvalue weighted by Crippen LogP contribution is -2.39. The molecule has 3 aromatic heterocycles. The minimum Gasteiger partial charge on any atom is -0.376 e. The molecule has 9 heteroatoms. The molecule has 0 radical (unpaired) electrons. The Morgan fingerprint density at radius 3 is 2.67 bits per heavy atom. The zero-order valence-corrected chi connectivity index (χ0v) is 17.6. The fourth-order valence-corrected chi connectivity index (χ4v) is 4.31. The van der Waals surface area contributed by atoms with Crippen molar-refractivity contribution in [1.29, 1.82) is 0 Å². The molecule has 0 N–H and O–H groups in total. The minimum absolute atomic E-state index is 0.144. The molecule has 4 aromatic rings. The number of aromatic nitrogens is 5. The highest BCUT2D eigenvalue weighted by Crippen LogP contribution is 2.20. The monoisotopic (exact) mass is 427 g/mol. The van der Waals surface area contributed by atoms with Gasteiger partial charge >= 0.3 is 5.69 Å². The van der Waals surface area contributed by atoms with Gasteiger partial charge < -0.3 is 9.30 Å². The quantitative estimate of drug-likeness (QED) is 0.501. The number of hydrogen-bond acceptors (Lipinski definition) is 4. The Balaban J connectivity index is 1.68. The summed E-state index contributed by atoms with van der Waals surface area (Å²) in [5, 5.41) is 0.606. The summed E-state index contributed by atoms with van der Waals surface area (Å²) in [6, 6.07) is 7.12. The molecule has 0 aliphatic carbocycles. The smallest absolute Gasteiger partial charge is 0.332 e. The van der Waals surface area contributed by atoms with Gasteiger partial charge in [0.15, 0.2) is 11.2 Å². The van der Waals surface area contributed by atoms with Crippen LogP contribution < -0.4 is 11.2 Å². The number of aryl methyl sites for hydroxylation is 2. The Morgan fingerprint density at radius 2 is 1.97 bits per heavy atom. The largest absolute Gasteiger partial charge is 0.376 e. The van der Waals surface area contributed by atoms with Gasteiger partial charge in [-0.1, -0.05) is 23.7 Å². The molecule has 156 valence electrons. The maximum absolute atomic E-state index is 13.3. The standard InChI is InChI=1S/C21H22ClN5O3/c1-13-10-26-17-18(23-20(26)25(13)12-16-4-3-9-30-16)24(2)21(29)27(19(17)28)11-14-5-7-15(22)8-6-14/h5-8,10,16H,3-4,9,11-12H2,1-2H3/t16-/m0/s1. The van der Waals surface area contributed by atoms with Crippen LogP contribution >= 0.6 is 11.6 Å². The van der Waals surface area contributed by atoms with E-state index in [0.717, 1.165) is 30.7 Å². The molecule has 0 bridgehead atoms. The number of fused-ring (bicyclic) bond motifs is 3. The van der Waals surface area contributed by atoms with Crippen molar-refractivity contribution in [3.8, 4) is 0 Å². The number of halogens is 1. The maximum atomic E-state index is 13.3. The highest BCUT2D eigenvalue weighted by Gasteiger charge is 2.23. The first kappa shape index (κ1) is 19.1. The topological polar surface area (TPSA) is 75.5 Å². The third-order valence-electron chi connectivity index (χ3n) is 5.80. The van der Waals surface area contributed by atoms with E-state index in [2.05, 4.69) is 9.55 Å². The third-order valence-corrected chi connectivity index (χ3v) is 6.06. The zero-order valence-electron chi connectivity index (χ0n) is 16.8. The number of imidazole rings is 2. The molecular weight excluding hydrogens is 406 g/mol. The molecule has 1 saturated heterocycles. The van der Waals surface area contributed by atoms with Gasteiger partial charge in [-0.05, 0) is 37.5 Å². The van der Waals surface area contributed by atoms with Crippen LogP contribution in [0.4, 0.5) is 0 Å². The van der Waals surface area contributed by atoms with Crippen LogP contribution in [0.5, 0.6) is 0 Å². The first-order chi connectivity index (χ1) is 14.4. The molecule has 0 unspecified atom stereocenters. The van der Waals surface area contributed by atoms with Crippen molar-refractivity contribution in [2.24, 2.45) is 7.05 Å². The molecule has 1 aromatic carbocycles. The van der Waals surface area contributed by atoms with Crippen LogP contribution in [0, 0.1) is 6.92 Å². The van der Waals surface area contributed by atoms with Gasteiger partial charge in [-0.3, -0.25) is 18.3 Å². The summed E-state index contributed by atoms with van der Waals surface area (Å²) in [6.07, 6.45) is 4.11. The Morgan fingerprint density at radius 1 is 1.20 bits per heavy atom. The molecule has 8 nitrogen and oxygen atoms in total. The van der Waals surface area contributed by atoms with Crippen LogP contribution in [0.1, 0.15) is 24.1 Å². The van der Waals surface area contributed by atoms with E-state index in [1.54, 1.807) is 23.6 Å². The molecule has 30 heavy (non-hydrogen) atoms. The molecule has 5 rings (SSSR count). The summed E-state index contributed by atoms with van der Waals surface area (Å²) in [5.41, 5.74) is 1.84. The molecule has 1 atom stereocenters. The summed E-state index contributed by atoms with van der Waals surface area (Å²) in [5.74, 6) is 0.648. The van der Waals surface area contributed by atoms with Crippen molar-refractivity contribution < 1.29 is 4.74 Å². The average Bonchev–Trinajstić information content (AvgIpc) is 3.43. The molecule has 0 amide bonds. The summed E-state index contributed by atoms with van der Waals surface area (Å²) < 4.78 is 12.3. The van der Waals surface area contributed by atoms with Gasteiger partial charge in [-0.15, -0.1) is 0 Å². The van der Waals surface area contributed by atoms with Gasteiger partial charge in [0.25, 0.3) is 5.56 Å². The third kappa shape index (κ3) is 2.98. The van der Waals surface area contributed by atoms with E-state index < -0.39 is 5.69 Å². The van der Waals surface area contributed by atoms with E-state index >= 15 is 0 Å². The zero-order chi connectivity index (χ0) is 21.0. The second kappa shape index (κ2) is 7.14. The van der Waals surface area contributed by atoms with Crippen LogP contribution in [0.2, 0.25) is 5.02 Å². The Kier molecular flexibility index (Phi) is 4.56. The number of rotatable bonds is 4. The summed E-state index contributed by atoms with van der Waals surface area (Å²) in [4.78, 5) is 30.9. The molecular formula is C21H22ClN5O3. The van der Waals surface area contributed by atoms with E-state index in [-0.39, 0.29) is 18.2 Å². The van der Waals surface area contributed by atoms with Gasteiger partial charge in [0.05, 0.1) is 19.2 Å². The van der Waals surface area contributed by atoms with Crippen molar-refractivity contribution in [2.45, 2.75) is 39.0 Å². The number of nitrogens with zero attached hydrogens (tertiary/aromatic N) is 5. The highest BCUT2D eigenvalue weighted by atomic mass is 35.5. The van der Waals surface area contributed by atoms with Crippen LogP contribution in [0.15, 0.2) is 40.1 Å². The first-order valence-corrected chi connectivity index (χ1v) is 10.4. The molecule has 0 spiro atoms. The lowest BCUT2D eigenvalue weighted by molar-refractivity contribution is 0.0974. The summed E-state index contributed by atoms with van der Waals surface area (Å²) in [6.45, 7) is 3.62. The Bertz CT molecular complexity index is 1370. The summed E-state index contributed by atoms with van der Waals surface area (Å²) >= 11 is 5.95. The molecule has 0 saturated carbocycles. The highest BCUT2D eigenvalue weighted by molar-refractivity contribution is 6.30. The van der Waals surface area contributed by atoms with Crippen LogP contribution in [-0.2, 0) is 24.9 Å². The van der Waals surface area contributed by atoms with Crippen LogP contribution in [0.3, 0.4) is 0 Å². The minimum atomic E-state index is -0.398. The van der Waals surface area contributed by atoms with E-state index in [9.17, 15) is 9.59 Å². The van der Waals surface area contributed by atoms with Crippen molar-refractivity contribution >= 4 is 28.5 Å². The lowest BCUT2D eigenvalue weighted by Gasteiger charge is -2.11. The van der Waals surface area contributed by atoms with E-state index in [0.29, 0.717) is 28.5 Å². The van der Waals surface area contributed by atoms with E-state index in [4.69, 9.17) is 16.3 Å².